The lowest BCUT2D eigenvalue weighted by molar-refractivity contribution is 0.627. The maximum absolute atomic E-state index is 13.7. The predicted molar refractivity (Wildman–Crippen MR) is 96.4 cm³/mol. The van der Waals surface area contributed by atoms with Crippen molar-refractivity contribution in [2.24, 2.45) is 0 Å². The summed E-state index contributed by atoms with van der Waals surface area (Å²) in [6, 6.07) is 4.75. The molecule has 0 unspecified atom stereocenters. The van der Waals surface area contributed by atoms with Crippen LogP contribution in [-0.4, -0.2) is 29.1 Å². The van der Waals surface area contributed by atoms with E-state index in [-0.39, 0.29) is 5.82 Å². The summed E-state index contributed by atoms with van der Waals surface area (Å²) in [6.07, 6.45) is 6.17. The van der Waals surface area contributed by atoms with Crippen LogP contribution in [0, 0.1) is 19.7 Å². The van der Waals surface area contributed by atoms with E-state index in [9.17, 15) is 4.39 Å². The quantitative estimate of drug-likeness (QED) is 0.566. The first-order valence-corrected chi connectivity index (χ1v) is 8.54. The Bertz CT molecular complexity index is 1090. The number of nitrogens with zero attached hydrogens (tertiary/aromatic N) is 6. The summed E-state index contributed by atoms with van der Waals surface area (Å²) in [5, 5.41) is 8.42. The second-order valence-corrected chi connectivity index (χ2v) is 6.30. The van der Waals surface area contributed by atoms with Crippen molar-refractivity contribution in [3.8, 4) is 11.4 Å². The predicted octanol–water partition coefficient (Wildman–Crippen LogP) is 3.35. The smallest absolute Gasteiger partial charge is 0.167 e. The number of imidazole rings is 1. The average molecular weight is 350 g/mol. The summed E-state index contributed by atoms with van der Waals surface area (Å²) in [4.78, 5) is 9.06. The third-order valence-electron chi connectivity index (χ3n) is 4.64. The van der Waals surface area contributed by atoms with Gasteiger partial charge in [-0.3, -0.25) is 4.40 Å². The van der Waals surface area contributed by atoms with Gasteiger partial charge in [0.2, 0.25) is 0 Å². The van der Waals surface area contributed by atoms with Crippen molar-refractivity contribution in [1.29, 1.82) is 0 Å². The van der Waals surface area contributed by atoms with Gasteiger partial charge in [-0.05, 0) is 38.0 Å². The van der Waals surface area contributed by atoms with Crippen molar-refractivity contribution in [1.82, 2.24) is 29.1 Å². The largest absolute Gasteiger partial charge is 0.325 e. The molecular formula is C19H19FN6. The summed E-state index contributed by atoms with van der Waals surface area (Å²) in [6.45, 7) is 6.48. The second-order valence-electron chi connectivity index (χ2n) is 6.30. The first kappa shape index (κ1) is 16.4. The molecule has 0 amide bonds. The summed E-state index contributed by atoms with van der Waals surface area (Å²) < 4.78 is 17.6. The average Bonchev–Trinajstić information content (AvgIpc) is 3.24. The first-order chi connectivity index (χ1) is 12.6. The van der Waals surface area contributed by atoms with Crippen LogP contribution in [-0.2, 0) is 13.0 Å². The number of fused-ring (bicyclic) bond motifs is 1. The molecule has 0 saturated carbocycles. The molecule has 0 aliphatic heterocycles. The normalized spacial score (nSPS) is 11.4. The van der Waals surface area contributed by atoms with Gasteiger partial charge in [-0.1, -0.05) is 13.0 Å². The van der Waals surface area contributed by atoms with E-state index in [4.69, 9.17) is 0 Å². The Labute approximate surface area is 150 Å². The highest BCUT2D eigenvalue weighted by atomic mass is 19.1. The number of aryl methyl sites for hydroxylation is 3. The maximum atomic E-state index is 13.7. The van der Waals surface area contributed by atoms with Crippen LogP contribution in [0.5, 0.6) is 0 Å². The monoisotopic (exact) mass is 350 g/mol. The Morgan fingerprint density at radius 2 is 1.96 bits per heavy atom. The molecule has 4 aromatic rings. The van der Waals surface area contributed by atoms with Crippen LogP contribution >= 0.6 is 0 Å². The number of aromatic nitrogens is 6. The number of halogens is 1. The molecule has 0 aliphatic rings. The summed E-state index contributed by atoms with van der Waals surface area (Å²) in [5.41, 5.74) is 4.57. The van der Waals surface area contributed by atoms with Crippen LogP contribution in [0.1, 0.15) is 29.6 Å². The lowest BCUT2D eigenvalue weighted by Gasteiger charge is -2.13. The Morgan fingerprint density at radius 1 is 1.12 bits per heavy atom. The van der Waals surface area contributed by atoms with E-state index in [0.717, 1.165) is 46.1 Å². The fourth-order valence-corrected chi connectivity index (χ4v) is 3.22. The van der Waals surface area contributed by atoms with Crippen LogP contribution in [0.4, 0.5) is 4.39 Å². The summed E-state index contributed by atoms with van der Waals surface area (Å²) in [7, 11) is 0. The van der Waals surface area contributed by atoms with Crippen LogP contribution in [0.3, 0.4) is 0 Å². The molecule has 3 aromatic heterocycles. The molecule has 3 heterocycles. The van der Waals surface area contributed by atoms with Crippen LogP contribution in [0.2, 0.25) is 0 Å². The number of rotatable bonds is 4. The van der Waals surface area contributed by atoms with Crippen molar-refractivity contribution in [3.05, 3.63) is 65.4 Å². The first-order valence-electron chi connectivity index (χ1n) is 8.54. The van der Waals surface area contributed by atoms with Crippen LogP contribution in [0.25, 0.3) is 17.0 Å². The van der Waals surface area contributed by atoms with Gasteiger partial charge >= 0.3 is 0 Å². The van der Waals surface area contributed by atoms with Crippen molar-refractivity contribution in [3.63, 3.8) is 0 Å². The highest BCUT2D eigenvalue weighted by molar-refractivity contribution is 5.60. The molecular weight excluding hydrogens is 331 g/mol. The lowest BCUT2D eigenvalue weighted by atomic mass is 10.1. The molecule has 0 aliphatic carbocycles. The fourth-order valence-electron chi connectivity index (χ4n) is 3.22. The van der Waals surface area contributed by atoms with E-state index in [1.54, 1.807) is 18.6 Å². The molecule has 6 nitrogen and oxygen atoms in total. The van der Waals surface area contributed by atoms with E-state index < -0.39 is 0 Å². The van der Waals surface area contributed by atoms with Gasteiger partial charge in [-0.2, -0.15) is 0 Å². The third-order valence-corrected chi connectivity index (χ3v) is 4.64. The molecule has 0 N–H and O–H groups in total. The zero-order chi connectivity index (χ0) is 18.3. The van der Waals surface area contributed by atoms with Gasteiger partial charge in [0.1, 0.15) is 23.8 Å². The van der Waals surface area contributed by atoms with Gasteiger partial charge in [-0.15, -0.1) is 10.2 Å². The second kappa shape index (κ2) is 6.33. The zero-order valence-corrected chi connectivity index (χ0v) is 14.9. The molecule has 0 radical (unpaired) electrons. The molecule has 0 saturated heterocycles. The van der Waals surface area contributed by atoms with Crippen LogP contribution < -0.4 is 0 Å². The van der Waals surface area contributed by atoms with Gasteiger partial charge in [0, 0.05) is 23.5 Å². The van der Waals surface area contributed by atoms with Crippen molar-refractivity contribution in [2.45, 2.75) is 33.7 Å². The maximum Gasteiger partial charge on any atom is 0.167 e. The molecule has 4 rings (SSSR count). The highest BCUT2D eigenvalue weighted by Gasteiger charge is 2.15. The molecule has 0 atom stereocenters. The Kier molecular flexibility index (Phi) is 3.99. The Morgan fingerprint density at radius 3 is 2.77 bits per heavy atom. The minimum Gasteiger partial charge on any atom is -0.325 e. The number of benzene rings is 1. The highest BCUT2D eigenvalue weighted by Crippen LogP contribution is 2.24. The molecule has 1 aromatic carbocycles. The van der Waals surface area contributed by atoms with E-state index in [1.807, 2.05) is 29.0 Å². The van der Waals surface area contributed by atoms with Crippen molar-refractivity contribution >= 4 is 5.65 Å². The molecule has 0 fully saturated rings. The molecule has 7 heteroatoms. The number of hydrogen-bond acceptors (Lipinski definition) is 4. The molecule has 0 bridgehead atoms. The van der Waals surface area contributed by atoms with E-state index in [1.165, 1.54) is 12.1 Å². The van der Waals surface area contributed by atoms with Gasteiger partial charge < -0.3 is 4.57 Å². The third kappa shape index (κ3) is 2.65. The van der Waals surface area contributed by atoms with Crippen molar-refractivity contribution in [2.75, 3.05) is 0 Å². The van der Waals surface area contributed by atoms with Gasteiger partial charge in [-0.25, -0.2) is 14.4 Å². The summed E-state index contributed by atoms with van der Waals surface area (Å²) in [5.74, 6) is 1.27. The minimum atomic E-state index is -0.270. The number of hydrogen-bond donors (Lipinski definition) is 0. The van der Waals surface area contributed by atoms with E-state index >= 15 is 0 Å². The summed E-state index contributed by atoms with van der Waals surface area (Å²) >= 11 is 0. The SMILES string of the molecule is CCc1c(Cn2ccnc2-c2cc(F)ccc2C)ncn2c(C)nnc12. The topological polar surface area (TPSA) is 60.9 Å². The molecule has 0 spiro atoms. The standard InChI is InChI=1S/C19H19FN6/c1-4-15-17(22-11-26-13(3)23-24-19(15)26)10-25-8-7-21-18(25)16-9-14(20)6-5-12(16)2/h5-9,11H,4,10H2,1-3H3. The van der Waals surface area contributed by atoms with Crippen LogP contribution in [0.15, 0.2) is 36.9 Å². The van der Waals surface area contributed by atoms with Crippen molar-refractivity contribution < 1.29 is 4.39 Å². The van der Waals surface area contributed by atoms with Gasteiger partial charge in [0.05, 0.1) is 12.2 Å². The van der Waals surface area contributed by atoms with E-state index in [2.05, 4.69) is 27.1 Å². The van der Waals surface area contributed by atoms with Gasteiger partial charge in [0.25, 0.3) is 0 Å². The Hall–Kier alpha value is -3.09. The zero-order valence-electron chi connectivity index (χ0n) is 14.9. The fraction of sp³-hybridized carbons (Fsp3) is 0.263. The lowest BCUT2D eigenvalue weighted by Crippen LogP contribution is -2.09. The van der Waals surface area contributed by atoms with Gasteiger partial charge in [0.15, 0.2) is 5.65 Å². The molecule has 26 heavy (non-hydrogen) atoms. The molecule has 132 valence electrons. The minimum absolute atomic E-state index is 0.270. The van der Waals surface area contributed by atoms with E-state index in [0.29, 0.717) is 6.54 Å². The Balaban J connectivity index is 1.79.